The fraction of sp³-hybridized carbons (Fsp3) is 0.222. The lowest BCUT2D eigenvalue weighted by Gasteiger charge is -1.91. The normalized spacial score (nSPS) is 10.9. The molecule has 0 aliphatic rings. The van der Waals surface area contributed by atoms with Crippen LogP contribution in [-0.4, -0.2) is 9.97 Å². The van der Waals surface area contributed by atoms with Crippen molar-refractivity contribution in [2.45, 2.75) is 13.8 Å². The van der Waals surface area contributed by atoms with Crippen molar-refractivity contribution in [1.29, 1.82) is 0 Å². The lowest BCUT2D eigenvalue weighted by Crippen LogP contribution is -1.77. The molecule has 0 aliphatic carbocycles. The lowest BCUT2D eigenvalue weighted by molar-refractivity contribution is 1.25. The number of aromatic nitrogens is 2. The van der Waals surface area contributed by atoms with Crippen molar-refractivity contribution in [2.24, 2.45) is 0 Å². The Kier molecular flexibility index (Phi) is 1.68. The van der Waals surface area contributed by atoms with Crippen molar-refractivity contribution in [2.75, 3.05) is 0 Å². The van der Waals surface area contributed by atoms with Crippen LogP contribution in [0.15, 0.2) is 16.7 Å². The van der Waals surface area contributed by atoms with Crippen LogP contribution in [0.25, 0.3) is 11.0 Å². The summed E-state index contributed by atoms with van der Waals surface area (Å²) in [5.74, 6) is 0. The molecule has 3 heteroatoms. The highest BCUT2D eigenvalue weighted by atomic mass is 79.9. The summed E-state index contributed by atoms with van der Waals surface area (Å²) in [5.41, 5.74) is 4.58. The van der Waals surface area contributed by atoms with E-state index in [1.165, 1.54) is 11.3 Å². The van der Waals surface area contributed by atoms with Crippen molar-refractivity contribution in [3.8, 4) is 0 Å². The van der Waals surface area contributed by atoms with Crippen molar-refractivity contribution < 1.29 is 0 Å². The minimum absolute atomic E-state index is 0.886. The molecule has 0 fully saturated rings. The Hall–Kier alpha value is -0.830. The third kappa shape index (κ3) is 1.05. The van der Waals surface area contributed by atoms with Gasteiger partial charge in [0.25, 0.3) is 0 Å². The summed E-state index contributed by atoms with van der Waals surface area (Å²) in [6.07, 6.45) is 0. The molecule has 0 saturated heterocycles. The number of nitrogens with zero attached hydrogens (tertiary/aromatic N) is 1. The summed E-state index contributed by atoms with van der Waals surface area (Å²) in [7, 11) is 0. The zero-order valence-corrected chi connectivity index (χ0v) is 8.57. The molecule has 2 nitrogen and oxygen atoms in total. The number of rotatable bonds is 0. The van der Waals surface area contributed by atoms with Crippen LogP contribution in [-0.2, 0) is 0 Å². The molecular formula is C9H9BrN2. The molecule has 0 amide bonds. The van der Waals surface area contributed by atoms with E-state index < -0.39 is 0 Å². The molecule has 62 valence electrons. The third-order valence-corrected chi connectivity index (χ3v) is 2.54. The van der Waals surface area contributed by atoms with Crippen molar-refractivity contribution in [3.05, 3.63) is 28.0 Å². The second-order valence-electron chi connectivity index (χ2n) is 2.91. The summed E-state index contributed by atoms with van der Waals surface area (Å²) in [5, 5.41) is 0. The number of H-pyrrole nitrogens is 1. The van der Waals surface area contributed by atoms with Gasteiger partial charge in [-0.2, -0.15) is 0 Å². The Labute approximate surface area is 79.1 Å². The molecule has 0 bridgehead atoms. The van der Waals surface area contributed by atoms with E-state index in [2.05, 4.69) is 39.7 Å². The van der Waals surface area contributed by atoms with Crippen LogP contribution in [0.3, 0.4) is 0 Å². The number of halogens is 1. The van der Waals surface area contributed by atoms with Crippen molar-refractivity contribution >= 4 is 27.0 Å². The molecule has 0 radical (unpaired) electrons. The molecule has 2 rings (SSSR count). The van der Waals surface area contributed by atoms with Crippen LogP contribution in [0.2, 0.25) is 0 Å². The van der Waals surface area contributed by atoms with Crippen LogP contribution < -0.4 is 0 Å². The average Bonchev–Trinajstić information content (AvgIpc) is 2.31. The zero-order valence-electron chi connectivity index (χ0n) is 6.98. The first-order valence-corrected chi connectivity index (χ1v) is 4.59. The molecule has 12 heavy (non-hydrogen) atoms. The Morgan fingerprint density at radius 3 is 2.83 bits per heavy atom. The number of aromatic amines is 1. The van der Waals surface area contributed by atoms with Gasteiger partial charge in [-0.1, -0.05) is 0 Å². The molecule has 0 unspecified atom stereocenters. The number of hydrogen-bond acceptors (Lipinski definition) is 1. The van der Waals surface area contributed by atoms with Gasteiger partial charge in [0.05, 0.1) is 11.0 Å². The smallest absolute Gasteiger partial charge is 0.106 e. The number of fused-ring (bicyclic) bond motifs is 1. The number of hydrogen-bond donors (Lipinski definition) is 1. The first kappa shape index (κ1) is 7.80. The molecule has 0 aliphatic heterocycles. The molecular weight excluding hydrogens is 216 g/mol. The fourth-order valence-electron chi connectivity index (χ4n) is 1.30. The van der Waals surface area contributed by atoms with E-state index in [0.29, 0.717) is 0 Å². The summed E-state index contributed by atoms with van der Waals surface area (Å²) >= 11 is 3.35. The van der Waals surface area contributed by atoms with E-state index in [0.717, 1.165) is 15.6 Å². The largest absolute Gasteiger partial charge is 0.357 e. The van der Waals surface area contributed by atoms with Crippen LogP contribution in [0.1, 0.15) is 11.3 Å². The minimum atomic E-state index is 0.886. The van der Waals surface area contributed by atoms with E-state index in [4.69, 9.17) is 0 Å². The predicted molar refractivity (Wildman–Crippen MR) is 53.3 cm³/mol. The Balaban J connectivity index is 2.88. The van der Waals surface area contributed by atoms with E-state index in [1.807, 2.05) is 12.1 Å². The van der Waals surface area contributed by atoms with Crippen molar-refractivity contribution in [1.82, 2.24) is 9.97 Å². The van der Waals surface area contributed by atoms with Gasteiger partial charge in [-0.25, -0.2) is 4.98 Å². The molecule has 0 spiro atoms. The quantitative estimate of drug-likeness (QED) is 0.686. The number of nitrogens with one attached hydrogen (secondary N) is 1. The topological polar surface area (TPSA) is 28.7 Å². The monoisotopic (exact) mass is 224 g/mol. The molecule has 1 N–H and O–H groups in total. The second kappa shape index (κ2) is 2.59. The highest BCUT2D eigenvalue weighted by molar-refractivity contribution is 9.10. The minimum Gasteiger partial charge on any atom is -0.357 e. The van der Waals surface area contributed by atoms with Gasteiger partial charge in [0, 0.05) is 5.69 Å². The maximum absolute atomic E-state index is 4.38. The van der Waals surface area contributed by atoms with Crippen LogP contribution in [0, 0.1) is 13.8 Å². The maximum Gasteiger partial charge on any atom is 0.106 e. The van der Waals surface area contributed by atoms with E-state index >= 15 is 0 Å². The van der Waals surface area contributed by atoms with Gasteiger partial charge in [-0.3, -0.25) is 0 Å². The fourth-order valence-corrected chi connectivity index (χ4v) is 1.60. The van der Waals surface area contributed by atoms with E-state index in [9.17, 15) is 0 Å². The van der Waals surface area contributed by atoms with Crippen LogP contribution in [0.4, 0.5) is 0 Å². The standard InChI is InChI=1S/C9H9BrN2/c1-5-6(2)11-7-3-4-8(10)12-9(5)7/h3-4,11H,1-2H3. The molecule has 0 saturated carbocycles. The van der Waals surface area contributed by atoms with Crippen LogP contribution >= 0.6 is 15.9 Å². The maximum atomic E-state index is 4.38. The Bertz CT molecular complexity index is 431. The number of aryl methyl sites for hydroxylation is 2. The van der Waals surface area contributed by atoms with Gasteiger partial charge in [-0.15, -0.1) is 0 Å². The predicted octanol–water partition coefficient (Wildman–Crippen LogP) is 2.94. The molecule has 2 aromatic heterocycles. The van der Waals surface area contributed by atoms with Gasteiger partial charge in [0.15, 0.2) is 0 Å². The van der Waals surface area contributed by atoms with Gasteiger partial charge in [0.2, 0.25) is 0 Å². The third-order valence-electron chi connectivity index (χ3n) is 2.10. The second-order valence-corrected chi connectivity index (χ2v) is 3.72. The molecule has 0 aromatic carbocycles. The molecule has 2 aromatic rings. The van der Waals surface area contributed by atoms with Crippen LogP contribution in [0.5, 0.6) is 0 Å². The highest BCUT2D eigenvalue weighted by Crippen LogP contribution is 2.20. The van der Waals surface area contributed by atoms with Gasteiger partial charge in [0.1, 0.15) is 4.60 Å². The van der Waals surface area contributed by atoms with E-state index in [-0.39, 0.29) is 0 Å². The molecule has 2 heterocycles. The molecule has 0 atom stereocenters. The lowest BCUT2D eigenvalue weighted by atomic mass is 10.2. The van der Waals surface area contributed by atoms with Gasteiger partial charge < -0.3 is 4.98 Å². The SMILES string of the molecule is Cc1[nH]c2ccc(Br)nc2c1C. The van der Waals surface area contributed by atoms with Gasteiger partial charge >= 0.3 is 0 Å². The van der Waals surface area contributed by atoms with Gasteiger partial charge in [-0.05, 0) is 47.5 Å². The average molecular weight is 225 g/mol. The van der Waals surface area contributed by atoms with E-state index in [1.54, 1.807) is 0 Å². The first-order valence-electron chi connectivity index (χ1n) is 3.80. The zero-order chi connectivity index (χ0) is 8.72. The number of pyridine rings is 1. The van der Waals surface area contributed by atoms with Crippen molar-refractivity contribution in [3.63, 3.8) is 0 Å². The Morgan fingerprint density at radius 1 is 1.33 bits per heavy atom. The summed E-state index contributed by atoms with van der Waals surface area (Å²) in [4.78, 5) is 7.65. The highest BCUT2D eigenvalue weighted by Gasteiger charge is 2.04. The summed E-state index contributed by atoms with van der Waals surface area (Å²) in [6.45, 7) is 4.14. The summed E-state index contributed by atoms with van der Waals surface area (Å²) < 4.78 is 0.886. The Morgan fingerprint density at radius 2 is 2.08 bits per heavy atom. The first-order chi connectivity index (χ1) is 5.68. The summed E-state index contributed by atoms with van der Waals surface area (Å²) in [6, 6.07) is 3.98.